The molecule has 0 saturated carbocycles. The molecular weight excluding hydrogens is 316 g/mol. The van der Waals surface area contributed by atoms with Gasteiger partial charge in [0, 0.05) is 18.1 Å². The van der Waals surface area contributed by atoms with E-state index < -0.39 is 12.0 Å². The maximum Gasteiger partial charge on any atom is 0.313 e. The number of hydrogen-bond donors (Lipinski definition) is 3. The van der Waals surface area contributed by atoms with Crippen molar-refractivity contribution in [1.29, 1.82) is 0 Å². The highest BCUT2D eigenvalue weighted by atomic mass is 35.5. The molecule has 7 nitrogen and oxygen atoms in total. The Kier molecular flexibility index (Phi) is 4.92. The molecule has 0 radical (unpaired) electrons. The fraction of sp³-hybridized carbons (Fsp3) is 0.250. The number of nitrogens with zero attached hydrogens (tertiary/aromatic N) is 2. The fourth-order valence-electron chi connectivity index (χ4n) is 1.82. The van der Waals surface area contributed by atoms with Gasteiger partial charge in [-0.2, -0.15) is 0 Å². The smallest absolute Gasteiger partial charge is 0.313 e. The molecule has 21 heavy (non-hydrogen) atoms. The number of benzene rings is 1. The van der Waals surface area contributed by atoms with E-state index >= 15 is 0 Å². The van der Waals surface area contributed by atoms with Gasteiger partial charge < -0.3 is 20.7 Å². The van der Waals surface area contributed by atoms with Crippen LogP contribution < -0.4 is 11.1 Å². The van der Waals surface area contributed by atoms with Gasteiger partial charge in [-0.15, -0.1) is 0 Å². The molecule has 112 valence electrons. The lowest BCUT2D eigenvalue weighted by molar-refractivity contribution is -0.133. The Morgan fingerprint density at radius 2 is 2.24 bits per heavy atom. The molecule has 1 heterocycles. The quantitative estimate of drug-likeness (QED) is 0.696. The van der Waals surface area contributed by atoms with E-state index in [9.17, 15) is 9.59 Å². The van der Waals surface area contributed by atoms with Gasteiger partial charge in [-0.25, -0.2) is 9.78 Å². The highest BCUT2D eigenvalue weighted by molar-refractivity contribution is 7.99. The molecule has 2 aromatic rings. The molecule has 0 atom stereocenters. The third-order valence-electron chi connectivity index (χ3n) is 2.63. The number of fused-ring (bicyclic) bond motifs is 1. The van der Waals surface area contributed by atoms with Gasteiger partial charge in [0.2, 0.25) is 0 Å². The minimum Gasteiger partial charge on any atom is -0.481 e. The molecule has 0 bridgehead atoms. The highest BCUT2D eigenvalue weighted by Gasteiger charge is 2.13. The molecule has 0 unspecified atom stereocenters. The minimum atomic E-state index is -0.924. The molecule has 0 spiro atoms. The van der Waals surface area contributed by atoms with Crippen LogP contribution in [0.3, 0.4) is 0 Å². The molecule has 9 heteroatoms. The van der Waals surface area contributed by atoms with Crippen LogP contribution in [0.15, 0.2) is 23.4 Å². The van der Waals surface area contributed by atoms with Gasteiger partial charge in [0.1, 0.15) is 0 Å². The first-order valence-corrected chi connectivity index (χ1v) is 7.37. The zero-order valence-electron chi connectivity index (χ0n) is 10.9. The lowest BCUT2D eigenvalue weighted by Gasteiger charge is -2.08. The summed E-state index contributed by atoms with van der Waals surface area (Å²) in [5, 5.41) is 12.4. The molecule has 0 saturated heterocycles. The summed E-state index contributed by atoms with van der Waals surface area (Å²) in [6.45, 7) is 0.732. The maximum absolute atomic E-state index is 10.7. The second kappa shape index (κ2) is 6.68. The number of urea groups is 1. The van der Waals surface area contributed by atoms with E-state index in [0.717, 1.165) is 17.3 Å². The standard InChI is InChI=1S/C12H13ClN4O3S/c13-7-1-2-8-9(5-7)17(4-3-15-11(14)20)12(16-8)21-6-10(18)19/h1-2,5H,3-4,6H2,(H,18,19)(H3,14,15,20). The molecule has 1 aromatic carbocycles. The van der Waals surface area contributed by atoms with Crippen molar-refractivity contribution in [3.63, 3.8) is 0 Å². The topological polar surface area (TPSA) is 110 Å². The third kappa shape index (κ3) is 4.02. The number of primary amides is 1. The Balaban J connectivity index is 2.30. The van der Waals surface area contributed by atoms with Crippen LogP contribution in [0.5, 0.6) is 0 Å². The van der Waals surface area contributed by atoms with Crippen LogP contribution in [-0.4, -0.2) is 39.0 Å². The van der Waals surface area contributed by atoms with E-state index in [0.29, 0.717) is 28.8 Å². The summed E-state index contributed by atoms with van der Waals surface area (Å²) in [7, 11) is 0. The number of carbonyl (C=O) groups excluding carboxylic acids is 1. The number of nitrogens with one attached hydrogen (secondary N) is 1. The predicted octanol–water partition coefficient (Wildman–Crippen LogP) is 1.53. The third-order valence-corrected chi connectivity index (χ3v) is 3.83. The van der Waals surface area contributed by atoms with Crippen molar-refractivity contribution in [3.05, 3.63) is 23.2 Å². The number of hydrogen-bond acceptors (Lipinski definition) is 4. The highest BCUT2D eigenvalue weighted by Crippen LogP contribution is 2.26. The lowest BCUT2D eigenvalue weighted by Crippen LogP contribution is -2.32. The monoisotopic (exact) mass is 328 g/mol. The van der Waals surface area contributed by atoms with Gasteiger partial charge in [0.15, 0.2) is 5.16 Å². The molecule has 0 aliphatic heterocycles. The first kappa shape index (κ1) is 15.5. The van der Waals surface area contributed by atoms with Crippen LogP contribution in [0.1, 0.15) is 0 Å². The maximum atomic E-state index is 10.7. The average molecular weight is 329 g/mol. The Morgan fingerprint density at radius 3 is 2.90 bits per heavy atom. The summed E-state index contributed by atoms with van der Waals surface area (Å²) in [4.78, 5) is 25.8. The summed E-state index contributed by atoms with van der Waals surface area (Å²) in [6.07, 6.45) is 0. The zero-order valence-corrected chi connectivity index (χ0v) is 12.4. The minimum absolute atomic E-state index is 0.0969. The Bertz CT molecular complexity index is 688. The fourth-order valence-corrected chi connectivity index (χ4v) is 2.74. The second-order valence-electron chi connectivity index (χ2n) is 4.15. The van der Waals surface area contributed by atoms with Crippen LogP contribution in [0.2, 0.25) is 5.02 Å². The second-order valence-corrected chi connectivity index (χ2v) is 5.53. The van der Waals surface area contributed by atoms with Crippen molar-refractivity contribution in [1.82, 2.24) is 14.9 Å². The molecule has 2 amide bonds. The van der Waals surface area contributed by atoms with E-state index in [1.165, 1.54) is 0 Å². The van der Waals surface area contributed by atoms with E-state index in [1.807, 2.05) is 4.57 Å². The first-order chi connectivity index (χ1) is 9.97. The summed E-state index contributed by atoms with van der Waals surface area (Å²) >= 11 is 7.09. The van der Waals surface area contributed by atoms with Gasteiger partial charge in [0.05, 0.1) is 16.8 Å². The van der Waals surface area contributed by atoms with Gasteiger partial charge in [-0.05, 0) is 18.2 Å². The molecular formula is C12H13ClN4O3S. The van der Waals surface area contributed by atoms with E-state index in [2.05, 4.69) is 10.3 Å². The molecule has 0 fully saturated rings. The molecule has 2 rings (SSSR count). The number of aliphatic carboxylic acids is 1. The summed E-state index contributed by atoms with van der Waals surface area (Å²) in [5.74, 6) is -1.02. The van der Waals surface area contributed by atoms with Crippen LogP contribution in [-0.2, 0) is 11.3 Å². The molecule has 1 aromatic heterocycles. The number of nitrogens with two attached hydrogens (primary N) is 1. The Hall–Kier alpha value is -1.93. The molecule has 0 aliphatic carbocycles. The lowest BCUT2D eigenvalue weighted by atomic mass is 10.3. The molecule has 0 aliphatic rings. The number of amides is 2. The van der Waals surface area contributed by atoms with Crippen LogP contribution >= 0.6 is 23.4 Å². The summed E-state index contributed by atoms with van der Waals surface area (Å²) in [6, 6.07) is 4.62. The van der Waals surface area contributed by atoms with Crippen molar-refractivity contribution in [2.75, 3.05) is 12.3 Å². The van der Waals surface area contributed by atoms with E-state index in [4.69, 9.17) is 22.4 Å². The van der Waals surface area contributed by atoms with Gasteiger partial charge in [-0.1, -0.05) is 23.4 Å². The van der Waals surface area contributed by atoms with Crippen LogP contribution in [0.25, 0.3) is 11.0 Å². The zero-order chi connectivity index (χ0) is 15.4. The van der Waals surface area contributed by atoms with Crippen molar-refractivity contribution >= 4 is 46.4 Å². The normalized spacial score (nSPS) is 10.7. The number of carbonyl (C=O) groups is 2. The van der Waals surface area contributed by atoms with Crippen LogP contribution in [0.4, 0.5) is 4.79 Å². The number of rotatable bonds is 6. The summed E-state index contributed by atoms with van der Waals surface area (Å²) in [5.41, 5.74) is 6.52. The van der Waals surface area contributed by atoms with Gasteiger partial charge >= 0.3 is 12.0 Å². The summed E-state index contributed by atoms with van der Waals surface area (Å²) < 4.78 is 1.81. The van der Waals surface area contributed by atoms with Crippen molar-refractivity contribution in [2.45, 2.75) is 11.7 Å². The van der Waals surface area contributed by atoms with E-state index in [1.54, 1.807) is 18.2 Å². The largest absolute Gasteiger partial charge is 0.481 e. The number of carboxylic acid groups (broad SMARTS) is 1. The number of thioether (sulfide) groups is 1. The number of halogens is 1. The van der Waals surface area contributed by atoms with Crippen molar-refractivity contribution < 1.29 is 14.7 Å². The van der Waals surface area contributed by atoms with Crippen molar-refractivity contribution in [3.8, 4) is 0 Å². The van der Waals surface area contributed by atoms with Crippen LogP contribution in [0, 0.1) is 0 Å². The van der Waals surface area contributed by atoms with Gasteiger partial charge in [-0.3, -0.25) is 4.79 Å². The average Bonchev–Trinajstić information content (AvgIpc) is 2.74. The predicted molar refractivity (Wildman–Crippen MR) is 80.7 cm³/mol. The van der Waals surface area contributed by atoms with E-state index in [-0.39, 0.29) is 5.75 Å². The molecule has 4 N–H and O–H groups in total. The SMILES string of the molecule is NC(=O)NCCn1c(SCC(=O)O)nc2ccc(Cl)cc21. The number of imidazole rings is 1. The Morgan fingerprint density at radius 1 is 1.48 bits per heavy atom. The number of carboxylic acids is 1. The number of aromatic nitrogens is 2. The van der Waals surface area contributed by atoms with Crippen molar-refractivity contribution in [2.24, 2.45) is 5.73 Å². The van der Waals surface area contributed by atoms with Gasteiger partial charge in [0.25, 0.3) is 0 Å². The Labute approximate surface area is 129 Å². The first-order valence-electron chi connectivity index (χ1n) is 6.01.